The van der Waals surface area contributed by atoms with Crippen molar-refractivity contribution in [2.75, 3.05) is 23.7 Å². The van der Waals surface area contributed by atoms with Crippen molar-refractivity contribution in [3.8, 4) is 11.3 Å². The Hall–Kier alpha value is -2.10. The molecule has 110 valence electrons. The van der Waals surface area contributed by atoms with Crippen molar-refractivity contribution >= 4 is 11.5 Å². The lowest BCUT2D eigenvalue weighted by Gasteiger charge is -2.20. The molecular formula is C17H22N4. The first-order valence-electron chi connectivity index (χ1n) is 7.52. The number of aryl methyl sites for hydroxylation is 3. The Labute approximate surface area is 126 Å². The van der Waals surface area contributed by atoms with Gasteiger partial charge in [0.1, 0.15) is 11.5 Å². The highest BCUT2D eigenvalue weighted by atomic mass is 15.2. The first-order chi connectivity index (χ1) is 10.0. The minimum Gasteiger partial charge on any atom is -0.394 e. The largest absolute Gasteiger partial charge is 0.394 e. The topological polar surface area (TPSA) is 55.0 Å². The molecule has 2 heterocycles. The van der Waals surface area contributed by atoms with Crippen LogP contribution >= 0.6 is 0 Å². The molecule has 3 rings (SSSR count). The van der Waals surface area contributed by atoms with E-state index in [4.69, 9.17) is 5.73 Å². The van der Waals surface area contributed by atoms with Crippen LogP contribution in [0, 0.1) is 20.8 Å². The summed E-state index contributed by atoms with van der Waals surface area (Å²) in [5.74, 6) is 1.68. The zero-order valence-corrected chi connectivity index (χ0v) is 13.0. The highest BCUT2D eigenvalue weighted by Gasteiger charge is 2.20. The average molecular weight is 282 g/mol. The summed E-state index contributed by atoms with van der Waals surface area (Å²) in [6.45, 7) is 8.20. The molecule has 0 saturated carbocycles. The molecule has 0 radical (unpaired) electrons. The molecule has 21 heavy (non-hydrogen) atoms. The Bertz CT molecular complexity index is 652. The lowest BCUT2D eigenvalue weighted by Crippen LogP contribution is -2.21. The highest BCUT2D eigenvalue weighted by Crippen LogP contribution is 2.33. The molecule has 1 aliphatic rings. The summed E-state index contributed by atoms with van der Waals surface area (Å²) in [7, 11) is 0. The molecule has 1 aromatic carbocycles. The van der Waals surface area contributed by atoms with Gasteiger partial charge in [-0.25, -0.2) is 9.97 Å². The fraction of sp³-hybridized carbons (Fsp3) is 0.412. The van der Waals surface area contributed by atoms with E-state index < -0.39 is 0 Å². The fourth-order valence-corrected chi connectivity index (χ4v) is 3.07. The molecular weight excluding hydrogens is 260 g/mol. The Morgan fingerprint density at radius 2 is 1.57 bits per heavy atom. The monoisotopic (exact) mass is 282 g/mol. The number of hydrogen-bond donors (Lipinski definition) is 1. The molecule has 2 N–H and O–H groups in total. The maximum absolute atomic E-state index is 6.40. The Morgan fingerprint density at radius 1 is 0.952 bits per heavy atom. The van der Waals surface area contributed by atoms with Gasteiger partial charge in [-0.2, -0.15) is 0 Å². The van der Waals surface area contributed by atoms with Crippen LogP contribution in [0.15, 0.2) is 18.2 Å². The van der Waals surface area contributed by atoms with Gasteiger partial charge in [-0.1, -0.05) is 17.2 Å². The zero-order chi connectivity index (χ0) is 15.0. The van der Waals surface area contributed by atoms with Gasteiger partial charge in [0.05, 0.1) is 5.69 Å². The van der Waals surface area contributed by atoms with Gasteiger partial charge >= 0.3 is 0 Å². The first-order valence-corrected chi connectivity index (χ1v) is 7.52. The molecule has 0 atom stereocenters. The lowest BCUT2D eigenvalue weighted by atomic mass is 10.0. The fourth-order valence-electron chi connectivity index (χ4n) is 3.07. The van der Waals surface area contributed by atoms with Gasteiger partial charge in [0.25, 0.3) is 0 Å². The normalized spacial score (nSPS) is 14.7. The van der Waals surface area contributed by atoms with E-state index in [0.717, 1.165) is 36.0 Å². The van der Waals surface area contributed by atoms with E-state index >= 15 is 0 Å². The van der Waals surface area contributed by atoms with Crippen LogP contribution in [0.5, 0.6) is 0 Å². The molecule has 1 saturated heterocycles. The minimum absolute atomic E-state index is 0.701. The van der Waals surface area contributed by atoms with Crippen LogP contribution < -0.4 is 10.6 Å². The van der Waals surface area contributed by atoms with Crippen molar-refractivity contribution in [1.82, 2.24) is 9.97 Å². The van der Waals surface area contributed by atoms with Crippen molar-refractivity contribution in [3.05, 3.63) is 35.2 Å². The summed E-state index contributed by atoms with van der Waals surface area (Å²) >= 11 is 0. The summed E-state index contributed by atoms with van der Waals surface area (Å²) in [6, 6.07) is 6.44. The third-order valence-corrected chi connectivity index (χ3v) is 3.94. The third kappa shape index (κ3) is 2.71. The predicted octanol–water partition coefficient (Wildman–Crippen LogP) is 3.25. The number of nitrogens with zero attached hydrogens (tertiary/aromatic N) is 3. The van der Waals surface area contributed by atoms with E-state index in [0.29, 0.717) is 5.69 Å². The SMILES string of the molecule is Cc1cc(C)cc(-c2nc(C)nc(N3CCCC3)c2N)c1. The van der Waals surface area contributed by atoms with Gasteiger partial charge in [0.15, 0.2) is 5.82 Å². The maximum atomic E-state index is 6.40. The Balaban J connectivity index is 2.13. The molecule has 0 amide bonds. The number of anilines is 2. The van der Waals surface area contributed by atoms with E-state index in [1.807, 2.05) is 6.92 Å². The van der Waals surface area contributed by atoms with E-state index in [2.05, 4.69) is 46.9 Å². The number of aromatic nitrogens is 2. The number of nitrogens with two attached hydrogens (primary N) is 1. The standard InChI is InChI=1S/C17H22N4/c1-11-8-12(2)10-14(9-11)16-15(18)17(20-13(3)19-16)21-6-4-5-7-21/h8-10H,4-7,18H2,1-3H3. The summed E-state index contributed by atoms with van der Waals surface area (Å²) in [5, 5.41) is 0. The molecule has 4 nitrogen and oxygen atoms in total. The summed E-state index contributed by atoms with van der Waals surface area (Å²) in [6.07, 6.45) is 2.42. The van der Waals surface area contributed by atoms with Crippen LogP contribution in [-0.2, 0) is 0 Å². The molecule has 0 aliphatic carbocycles. The van der Waals surface area contributed by atoms with Gasteiger partial charge in [-0.3, -0.25) is 0 Å². The second kappa shape index (κ2) is 5.35. The van der Waals surface area contributed by atoms with Gasteiger partial charge in [0, 0.05) is 18.7 Å². The third-order valence-electron chi connectivity index (χ3n) is 3.94. The van der Waals surface area contributed by atoms with Gasteiger partial charge in [0.2, 0.25) is 0 Å². The number of rotatable bonds is 2. The number of benzene rings is 1. The molecule has 2 aromatic rings. The van der Waals surface area contributed by atoms with Crippen LogP contribution in [0.25, 0.3) is 11.3 Å². The Kier molecular flexibility index (Phi) is 3.53. The van der Waals surface area contributed by atoms with E-state index in [9.17, 15) is 0 Å². The van der Waals surface area contributed by atoms with Crippen LogP contribution in [-0.4, -0.2) is 23.1 Å². The zero-order valence-electron chi connectivity index (χ0n) is 13.0. The molecule has 4 heteroatoms. The second-order valence-corrected chi connectivity index (χ2v) is 5.93. The smallest absolute Gasteiger partial charge is 0.156 e. The average Bonchev–Trinajstić information content (AvgIpc) is 2.93. The van der Waals surface area contributed by atoms with Crippen LogP contribution in [0.2, 0.25) is 0 Å². The second-order valence-electron chi connectivity index (χ2n) is 5.93. The van der Waals surface area contributed by atoms with Crippen molar-refractivity contribution in [1.29, 1.82) is 0 Å². The van der Waals surface area contributed by atoms with E-state index in [-0.39, 0.29) is 0 Å². The summed E-state index contributed by atoms with van der Waals surface area (Å²) in [5.41, 5.74) is 11.5. The molecule has 0 unspecified atom stereocenters. The van der Waals surface area contributed by atoms with Gasteiger partial charge in [-0.05, 0) is 45.7 Å². The maximum Gasteiger partial charge on any atom is 0.156 e. The lowest BCUT2D eigenvalue weighted by molar-refractivity contribution is 0.915. The molecule has 1 aliphatic heterocycles. The van der Waals surface area contributed by atoms with Crippen molar-refractivity contribution in [3.63, 3.8) is 0 Å². The van der Waals surface area contributed by atoms with Crippen LogP contribution in [0.4, 0.5) is 11.5 Å². The first kappa shape index (κ1) is 13.9. The highest BCUT2D eigenvalue weighted by molar-refractivity contribution is 5.81. The van der Waals surface area contributed by atoms with E-state index in [1.165, 1.54) is 24.0 Å². The molecule has 1 aromatic heterocycles. The van der Waals surface area contributed by atoms with Gasteiger partial charge < -0.3 is 10.6 Å². The predicted molar refractivity (Wildman–Crippen MR) is 87.5 cm³/mol. The van der Waals surface area contributed by atoms with Crippen molar-refractivity contribution in [2.24, 2.45) is 0 Å². The molecule has 0 spiro atoms. The minimum atomic E-state index is 0.701. The van der Waals surface area contributed by atoms with Gasteiger partial charge in [-0.15, -0.1) is 0 Å². The summed E-state index contributed by atoms with van der Waals surface area (Å²) < 4.78 is 0. The van der Waals surface area contributed by atoms with Crippen LogP contribution in [0.3, 0.4) is 0 Å². The Morgan fingerprint density at radius 3 is 2.19 bits per heavy atom. The van der Waals surface area contributed by atoms with E-state index in [1.54, 1.807) is 0 Å². The van der Waals surface area contributed by atoms with Crippen LogP contribution in [0.1, 0.15) is 29.8 Å². The van der Waals surface area contributed by atoms with Crippen molar-refractivity contribution in [2.45, 2.75) is 33.6 Å². The molecule has 1 fully saturated rings. The molecule has 0 bridgehead atoms. The number of nitrogen functional groups attached to an aromatic ring is 1. The number of hydrogen-bond acceptors (Lipinski definition) is 4. The summed E-state index contributed by atoms with van der Waals surface area (Å²) in [4.78, 5) is 11.4. The quantitative estimate of drug-likeness (QED) is 0.918. The van der Waals surface area contributed by atoms with Crippen molar-refractivity contribution < 1.29 is 0 Å².